The molecular weight excluding hydrogens is 296 g/mol. The molecule has 2 aromatic carbocycles. The highest BCUT2D eigenvalue weighted by Crippen LogP contribution is 2.25. The molecule has 0 spiro atoms. The summed E-state index contributed by atoms with van der Waals surface area (Å²) in [5.41, 5.74) is 7.03. The number of carboxylic acids is 1. The van der Waals surface area contributed by atoms with E-state index in [0.717, 1.165) is 0 Å². The van der Waals surface area contributed by atoms with Gasteiger partial charge in [-0.15, -0.1) is 0 Å². The van der Waals surface area contributed by atoms with Gasteiger partial charge < -0.3 is 27.2 Å². The Bertz CT molecular complexity index is 630. The van der Waals surface area contributed by atoms with E-state index in [1.54, 1.807) is 0 Å². The van der Waals surface area contributed by atoms with Crippen LogP contribution in [0.3, 0.4) is 0 Å². The van der Waals surface area contributed by atoms with E-state index in [0.29, 0.717) is 5.56 Å². The minimum atomic E-state index is -1.10. The van der Waals surface area contributed by atoms with Gasteiger partial charge >= 0.3 is 5.97 Å². The number of phenolic OH excluding ortho intramolecular Hbond substituents is 2. The van der Waals surface area contributed by atoms with Crippen LogP contribution in [0, 0.1) is 0 Å². The third-order valence-electron chi connectivity index (χ3n) is 2.85. The van der Waals surface area contributed by atoms with Gasteiger partial charge in [0.05, 0.1) is 0 Å². The Morgan fingerprint density at radius 2 is 1.74 bits per heavy atom. The molecule has 0 aliphatic carbocycles. The maximum Gasteiger partial charge on any atom is 0.320 e. The van der Waals surface area contributed by atoms with Crippen molar-refractivity contribution in [3.8, 4) is 11.5 Å². The first kappa shape index (κ1) is 20.2. The van der Waals surface area contributed by atoms with Gasteiger partial charge in [0.2, 0.25) is 0 Å². The molecule has 124 valence electrons. The number of hydrogen-bond donors (Lipinski definition) is 5. The fraction of sp³-hybridized carbons (Fsp3) is 0.118. The third kappa shape index (κ3) is 7.12. The molecule has 0 heterocycles. The lowest BCUT2D eigenvalue weighted by molar-refractivity contribution is -0.138. The minimum Gasteiger partial charge on any atom is -0.504 e. The first-order chi connectivity index (χ1) is 10.4. The zero-order valence-electron chi connectivity index (χ0n) is 12.7. The van der Waals surface area contributed by atoms with Crippen molar-refractivity contribution in [1.82, 2.24) is 6.15 Å². The SMILES string of the molecule is C=Cc1ccccc1.N.NC(Cc1ccc(O)c(O)c1)C(=O)O. The summed E-state index contributed by atoms with van der Waals surface area (Å²) in [6.45, 7) is 3.63. The van der Waals surface area contributed by atoms with Gasteiger partial charge in [0, 0.05) is 0 Å². The molecule has 0 aliphatic heterocycles. The van der Waals surface area contributed by atoms with Gasteiger partial charge in [-0.05, 0) is 29.7 Å². The van der Waals surface area contributed by atoms with Crippen LogP contribution in [0.5, 0.6) is 11.5 Å². The van der Waals surface area contributed by atoms with Crippen LogP contribution in [0.1, 0.15) is 11.1 Å². The molecule has 6 nitrogen and oxygen atoms in total. The summed E-state index contributed by atoms with van der Waals surface area (Å²) in [7, 11) is 0. The van der Waals surface area contributed by atoms with Crippen molar-refractivity contribution in [2.24, 2.45) is 5.73 Å². The first-order valence-corrected chi connectivity index (χ1v) is 6.60. The largest absolute Gasteiger partial charge is 0.504 e. The molecule has 0 radical (unpaired) electrons. The van der Waals surface area contributed by atoms with Crippen molar-refractivity contribution >= 4 is 12.0 Å². The Morgan fingerprint density at radius 3 is 2.17 bits per heavy atom. The van der Waals surface area contributed by atoms with Crippen LogP contribution < -0.4 is 11.9 Å². The molecule has 8 N–H and O–H groups in total. The van der Waals surface area contributed by atoms with E-state index in [4.69, 9.17) is 21.1 Å². The molecule has 1 unspecified atom stereocenters. The number of carbonyl (C=O) groups is 1. The van der Waals surface area contributed by atoms with E-state index in [1.165, 1.54) is 23.8 Å². The molecule has 0 saturated carbocycles. The van der Waals surface area contributed by atoms with E-state index in [2.05, 4.69) is 6.58 Å². The lowest BCUT2D eigenvalue weighted by Crippen LogP contribution is -2.32. The van der Waals surface area contributed by atoms with Gasteiger partial charge in [0.25, 0.3) is 0 Å². The number of hydrogen-bond acceptors (Lipinski definition) is 5. The monoisotopic (exact) mass is 318 g/mol. The van der Waals surface area contributed by atoms with Gasteiger partial charge in [-0.3, -0.25) is 4.79 Å². The number of phenols is 2. The second kappa shape index (κ2) is 9.99. The standard InChI is InChI=1S/C9H11NO4.C8H8.H3N/c10-6(9(13)14)3-5-1-2-7(11)8(12)4-5;1-2-8-6-4-3-5-7-8;/h1-2,4,6,11-12H,3,10H2,(H,13,14);2-7H,1H2;1H3. The fourth-order valence-electron chi connectivity index (χ4n) is 1.63. The highest BCUT2D eigenvalue weighted by molar-refractivity contribution is 5.73. The second-order valence-electron chi connectivity index (χ2n) is 4.59. The quantitative estimate of drug-likeness (QED) is 0.549. The summed E-state index contributed by atoms with van der Waals surface area (Å²) in [6, 6.07) is 13.1. The Morgan fingerprint density at radius 1 is 1.13 bits per heavy atom. The van der Waals surface area contributed by atoms with Gasteiger partial charge in [-0.25, -0.2) is 0 Å². The number of carboxylic acid groups (broad SMARTS) is 1. The fourth-order valence-corrected chi connectivity index (χ4v) is 1.63. The zero-order valence-corrected chi connectivity index (χ0v) is 12.7. The topological polar surface area (TPSA) is 139 Å². The number of aromatic hydroxyl groups is 2. The van der Waals surface area contributed by atoms with E-state index >= 15 is 0 Å². The van der Waals surface area contributed by atoms with Crippen molar-refractivity contribution in [3.05, 3.63) is 66.2 Å². The zero-order chi connectivity index (χ0) is 16.5. The van der Waals surface area contributed by atoms with E-state index in [-0.39, 0.29) is 24.1 Å². The van der Waals surface area contributed by atoms with E-state index in [1.807, 2.05) is 36.4 Å². The molecule has 0 saturated heterocycles. The van der Waals surface area contributed by atoms with E-state index < -0.39 is 12.0 Å². The van der Waals surface area contributed by atoms with Crippen LogP contribution in [-0.4, -0.2) is 27.3 Å². The predicted molar refractivity (Wildman–Crippen MR) is 90.6 cm³/mol. The van der Waals surface area contributed by atoms with Crippen LogP contribution >= 0.6 is 0 Å². The van der Waals surface area contributed by atoms with Gasteiger partial charge in [-0.1, -0.05) is 49.1 Å². The third-order valence-corrected chi connectivity index (χ3v) is 2.85. The molecule has 2 rings (SSSR count). The van der Waals surface area contributed by atoms with Crippen LogP contribution in [-0.2, 0) is 11.2 Å². The van der Waals surface area contributed by atoms with Crippen LogP contribution in [0.4, 0.5) is 0 Å². The predicted octanol–water partition coefficient (Wildman–Crippen LogP) is 2.54. The molecule has 23 heavy (non-hydrogen) atoms. The summed E-state index contributed by atoms with van der Waals surface area (Å²) >= 11 is 0. The molecule has 2 aromatic rings. The smallest absolute Gasteiger partial charge is 0.320 e. The maximum atomic E-state index is 10.4. The molecule has 0 aromatic heterocycles. The summed E-state index contributed by atoms with van der Waals surface area (Å²) in [5, 5.41) is 26.6. The highest BCUT2D eigenvalue weighted by Gasteiger charge is 2.12. The summed E-state index contributed by atoms with van der Waals surface area (Å²) in [5.74, 6) is -1.62. The minimum absolute atomic E-state index is 0. The van der Waals surface area contributed by atoms with E-state index in [9.17, 15) is 4.79 Å². The van der Waals surface area contributed by atoms with Crippen molar-refractivity contribution in [3.63, 3.8) is 0 Å². The van der Waals surface area contributed by atoms with Gasteiger partial charge in [-0.2, -0.15) is 0 Å². The Labute approximate surface area is 135 Å². The molecule has 0 aliphatic rings. The lowest BCUT2D eigenvalue weighted by Gasteiger charge is -2.06. The molecule has 0 fully saturated rings. The van der Waals surface area contributed by atoms with Gasteiger partial charge in [0.15, 0.2) is 11.5 Å². The van der Waals surface area contributed by atoms with Crippen molar-refractivity contribution < 1.29 is 20.1 Å². The van der Waals surface area contributed by atoms with Crippen molar-refractivity contribution in [2.75, 3.05) is 0 Å². The Kier molecular flexibility index (Phi) is 8.76. The Balaban J connectivity index is 0.000000460. The number of benzene rings is 2. The lowest BCUT2D eigenvalue weighted by atomic mass is 10.1. The maximum absolute atomic E-state index is 10.4. The molecule has 0 amide bonds. The average Bonchev–Trinajstić information content (AvgIpc) is 2.52. The summed E-state index contributed by atoms with van der Waals surface area (Å²) < 4.78 is 0. The van der Waals surface area contributed by atoms with Crippen LogP contribution in [0.2, 0.25) is 0 Å². The Hall–Kier alpha value is -2.83. The van der Waals surface area contributed by atoms with Crippen molar-refractivity contribution in [1.29, 1.82) is 0 Å². The van der Waals surface area contributed by atoms with Crippen LogP contribution in [0.15, 0.2) is 55.1 Å². The van der Waals surface area contributed by atoms with Crippen LogP contribution in [0.25, 0.3) is 6.08 Å². The molecule has 0 bridgehead atoms. The summed E-state index contributed by atoms with van der Waals surface area (Å²) in [4.78, 5) is 10.4. The van der Waals surface area contributed by atoms with Gasteiger partial charge in [0.1, 0.15) is 6.04 Å². The number of rotatable bonds is 4. The number of aliphatic carboxylic acids is 1. The summed E-state index contributed by atoms with van der Waals surface area (Å²) in [6.07, 6.45) is 1.95. The normalized spacial score (nSPS) is 10.5. The average molecular weight is 318 g/mol. The highest BCUT2D eigenvalue weighted by atomic mass is 16.4. The molecule has 6 heteroatoms. The number of nitrogens with two attached hydrogens (primary N) is 1. The van der Waals surface area contributed by atoms with Crippen molar-refractivity contribution in [2.45, 2.75) is 12.5 Å². The molecular formula is C17H22N2O4. The molecule has 1 atom stereocenters. The second-order valence-corrected chi connectivity index (χ2v) is 4.59. The first-order valence-electron chi connectivity index (χ1n) is 6.60.